The van der Waals surface area contributed by atoms with Crippen LogP contribution >= 0.6 is 0 Å². The minimum Gasteiger partial charge on any atom is -0.399 e. The zero-order valence-corrected chi connectivity index (χ0v) is 12.2. The number of hydrogen-bond donors (Lipinski definition) is 1. The Hall–Kier alpha value is -1.06. The van der Waals surface area contributed by atoms with Gasteiger partial charge in [0.1, 0.15) is 0 Å². The lowest BCUT2D eigenvalue weighted by molar-refractivity contribution is -0.147. The second kappa shape index (κ2) is 6.21. The predicted molar refractivity (Wildman–Crippen MR) is 77.3 cm³/mol. The molecule has 0 fully saturated rings. The van der Waals surface area contributed by atoms with E-state index in [1.807, 2.05) is 17.2 Å². The summed E-state index contributed by atoms with van der Waals surface area (Å²) in [5.41, 5.74) is 7.85. The van der Waals surface area contributed by atoms with Crippen LogP contribution in [0.3, 0.4) is 0 Å². The molecule has 0 aliphatic heterocycles. The fraction of sp³-hybridized carbons (Fsp3) is 0.600. The molecule has 0 unspecified atom stereocenters. The van der Waals surface area contributed by atoms with E-state index in [0.29, 0.717) is 5.92 Å². The Balaban J connectivity index is 2.76. The smallest absolute Gasteiger partial charge is 0.0575 e. The maximum atomic E-state index is 5.73. The SMILES string of the molecule is CON(CC(C)C)CC(C)(C)c1ccc(N)cc1. The summed E-state index contributed by atoms with van der Waals surface area (Å²) in [4.78, 5) is 5.45. The first-order valence-electron chi connectivity index (χ1n) is 6.50. The lowest BCUT2D eigenvalue weighted by Gasteiger charge is -2.32. The molecule has 0 atom stereocenters. The van der Waals surface area contributed by atoms with Gasteiger partial charge in [0.15, 0.2) is 0 Å². The molecule has 0 saturated carbocycles. The summed E-state index contributed by atoms with van der Waals surface area (Å²) >= 11 is 0. The molecule has 0 aromatic heterocycles. The zero-order chi connectivity index (χ0) is 13.8. The Morgan fingerprint density at radius 3 is 2.22 bits per heavy atom. The van der Waals surface area contributed by atoms with Crippen LogP contribution in [-0.4, -0.2) is 25.3 Å². The number of rotatable bonds is 6. The van der Waals surface area contributed by atoms with Gasteiger partial charge in [0.2, 0.25) is 0 Å². The molecule has 0 aliphatic carbocycles. The van der Waals surface area contributed by atoms with Crippen LogP contribution in [0.4, 0.5) is 5.69 Å². The molecular weight excluding hydrogens is 224 g/mol. The average molecular weight is 250 g/mol. The van der Waals surface area contributed by atoms with Crippen molar-refractivity contribution in [1.82, 2.24) is 5.06 Å². The minimum absolute atomic E-state index is 0.0403. The van der Waals surface area contributed by atoms with E-state index in [1.54, 1.807) is 7.11 Å². The van der Waals surface area contributed by atoms with Crippen molar-refractivity contribution in [1.29, 1.82) is 0 Å². The number of nitrogens with two attached hydrogens (primary N) is 1. The highest BCUT2D eigenvalue weighted by molar-refractivity contribution is 5.41. The van der Waals surface area contributed by atoms with Crippen molar-refractivity contribution in [3.8, 4) is 0 Å². The summed E-state index contributed by atoms with van der Waals surface area (Å²) in [5.74, 6) is 0.590. The summed E-state index contributed by atoms with van der Waals surface area (Å²) in [6.45, 7) is 10.7. The van der Waals surface area contributed by atoms with Gasteiger partial charge < -0.3 is 10.6 Å². The third kappa shape index (κ3) is 4.31. The van der Waals surface area contributed by atoms with Crippen LogP contribution in [0.2, 0.25) is 0 Å². The lowest BCUT2D eigenvalue weighted by Crippen LogP contribution is -2.38. The van der Waals surface area contributed by atoms with E-state index in [-0.39, 0.29) is 5.41 Å². The third-order valence-electron chi connectivity index (χ3n) is 3.09. The second-order valence-corrected chi connectivity index (χ2v) is 5.90. The first-order valence-corrected chi connectivity index (χ1v) is 6.50. The molecule has 0 heterocycles. The van der Waals surface area contributed by atoms with E-state index in [2.05, 4.69) is 39.8 Å². The van der Waals surface area contributed by atoms with Crippen LogP contribution in [0.15, 0.2) is 24.3 Å². The second-order valence-electron chi connectivity index (χ2n) is 5.90. The van der Waals surface area contributed by atoms with E-state index in [0.717, 1.165) is 18.8 Å². The maximum absolute atomic E-state index is 5.73. The molecule has 1 aromatic carbocycles. The molecule has 0 bridgehead atoms. The fourth-order valence-electron chi connectivity index (χ4n) is 2.08. The van der Waals surface area contributed by atoms with Gasteiger partial charge >= 0.3 is 0 Å². The molecule has 0 amide bonds. The van der Waals surface area contributed by atoms with Crippen molar-refractivity contribution in [3.63, 3.8) is 0 Å². The molecule has 18 heavy (non-hydrogen) atoms. The third-order valence-corrected chi connectivity index (χ3v) is 3.09. The molecule has 3 heteroatoms. The van der Waals surface area contributed by atoms with Crippen LogP contribution < -0.4 is 5.73 Å². The molecule has 0 radical (unpaired) electrons. The Bertz CT molecular complexity index is 357. The molecule has 2 N–H and O–H groups in total. The highest BCUT2D eigenvalue weighted by Gasteiger charge is 2.24. The lowest BCUT2D eigenvalue weighted by atomic mass is 9.84. The van der Waals surface area contributed by atoms with Crippen molar-refractivity contribution in [3.05, 3.63) is 29.8 Å². The molecule has 0 saturated heterocycles. The van der Waals surface area contributed by atoms with Crippen LogP contribution in [-0.2, 0) is 10.3 Å². The zero-order valence-electron chi connectivity index (χ0n) is 12.2. The van der Waals surface area contributed by atoms with Gasteiger partial charge in [-0.1, -0.05) is 39.8 Å². The van der Waals surface area contributed by atoms with E-state index >= 15 is 0 Å². The van der Waals surface area contributed by atoms with Gasteiger partial charge in [-0.25, -0.2) is 0 Å². The molecule has 102 valence electrons. The number of nitrogens with zero attached hydrogens (tertiary/aromatic N) is 1. The van der Waals surface area contributed by atoms with Gasteiger partial charge in [0.05, 0.1) is 7.11 Å². The number of nitrogen functional groups attached to an aromatic ring is 1. The topological polar surface area (TPSA) is 38.5 Å². The van der Waals surface area contributed by atoms with Gasteiger partial charge in [-0.05, 0) is 23.6 Å². The summed E-state index contributed by atoms with van der Waals surface area (Å²) in [6.07, 6.45) is 0. The number of benzene rings is 1. The number of hydroxylamine groups is 2. The number of anilines is 1. The standard InChI is InChI=1S/C15H26N2O/c1-12(2)10-17(18-5)11-15(3,4)13-6-8-14(16)9-7-13/h6-9,12H,10-11,16H2,1-5H3. The maximum Gasteiger partial charge on any atom is 0.0575 e. The summed E-state index contributed by atoms with van der Waals surface area (Å²) in [6, 6.07) is 8.10. The largest absolute Gasteiger partial charge is 0.399 e. The Morgan fingerprint density at radius 1 is 1.22 bits per heavy atom. The quantitative estimate of drug-likeness (QED) is 0.623. The van der Waals surface area contributed by atoms with Gasteiger partial charge in [0.25, 0.3) is 0 Å². The van der Waals surface area contributed by atoms with E-state index in [4.69, 9.17) is 10.6 Å². The van der Waals surface area contributed by atoms with Crippen molar-refractivity contribution in [2.24, 2.45) is 5.92 Å². The minimum atomic E-state index is 0.0403. The summed E-state index contributed by atoms with van der Waals surface area (Å²) < 4.78 is 0. The Morgan fingerprint density at radius 2 is 1.78 bits per heavy atom. The molecule has 3 nitrogen and oxygen atoms in total. The fourth-order valence-corrected chi connectivity index (χ4v) is 2.08. The van der Waals surface area contributed by atoms with Gasteiger partial charge in [-0.3, -0.25) is 0 Å². The average Bonchev–Trinajstić information content (AvgIpc) is 2.27. The van der Waals surface area contributed by atoms with Crippen molar-refractivity contribution < 1.29 is 4.84 Å². The molecule has 0 spiro atoms. The highest BCUT2D eigenvalue weighted by Crippen LogP contribution is 2.25. The van der Waals surface area contributed by atoms with Crippen LogP contribution in [0, 0.1) is 5.92 Å². The predicted octanol–water partition coefficient (Wildman–Crippen LogP) is 3.07. The van der Waals surface area contributed by atoms with Gasteiger partial charge in [0, 0.05) is 24.2 Å². The van der Waals surface area contributed by atoms with Gasteiger partial charge in [-0.15, -0.1) is 0 Å². The van der Waals surface area contributed by atoms with Crippen LogP contribution in [0.1, 0.15) is 33.3 Å². The van der Waals surface area contributed by atoms with E-state index < -0.39 is 0 Å². The van der Waals surface area contributed by atoms with Gasteiger partial charge in [-0.2, -0.15) is 5.06 Å². The summed E-state index contributed by atoms with van der Waals surface area (Å²) in [7, 11) is 1.74. The van der Waals surface area contributed by atoms with Crippen molar-refractivity contribution in [2.75, 3.05) is 25.9 Å². The van der Waals surface area contributed by atoms with Crippen molar-refractivity contribution >= 4 is 5.69 Å². The normalized spacial score (nSPS) is 12.4. The molecule has 1 rings (SSSR count). The number of hydrogen-bond acceptors (Lipinski definition) is 3. The van der Waals surface area contributed by atoms with Crippen molar-refractivity contribution in [2.45, 2.75) is 33.1 Å². The first-order chi connectivity index (χ1) is 8.35. The van der Waals surface area contributed by atoms with Crippen LogP contribution in [0.25, 0.3) is 0 Å². The first kappa shape index (κ1) is 15.0. The monoisotopic (exact) mass is 250 g/mol. The highest BCUT2D eigenvalue weighted by atomic mass is 16.7. The van der Waals surface area contributed by atoms with E-state index in [9.17, 15) is 0 Å². The Kier molecular flexibility index (Phi) is 5.17. The summed E-state index contributed by atoms with van der Waals surface area (Å²) in [5, 5.41) is 2.03. The van der Waals surface area contributed by atoms with E-state index in [1.165, 1.54) is 5.56 Å². The molecular formula is C15H26N2O. The molecule has 1 aromatic rings. The Labute approximate surface area is 111 Å². The molecule has 0 aliphatic rings. The van der Waals surface area contributed by atoms with Crippen LogP contribution in [0.5, 0.6) is 0 Å².